The third-order valence-corrected chi connectivity index (χ3v) is 5.82. The van der Waals surface area contributed by atoms with Gasteiger partial charge in [0.05, 0.1) is 18.2 Å². The number of fused-ring (bicyclic) bond motifs is 1. The van der Waals surface area contributed by atoms with E-state index < -0.39 is 0 Å². The molecule has 1 saturated heterocycles. The summed E-state index contributed by atoms with van der Waals surface area (Å²) in [6, 6.07) is 0.657. The lowest BCUT2D eigenvalue weighted by molar-refractivity contribution is -0.00127. The van der Waals surface area contributed by atoms with Crippen molar-refractivity contribution in [1.29, 1.82) is 0 Å². The van der Waals surface area contributed by atoms with Crippen LogP contribution in [-0.4, -0.2) is 58.3 Å². The molecule has 8 heteroatoms. The monoisotopic (exact) mass is 368 g/mol. The average Bonchev–Trinajstić information content (AvgIpc) is 2.97. The lowest BCUT2D eigenvalue weighted by atomic mass is 9.91. The summed E-state index contributed by atoms with van der Waals surface area (Å²) >= 11 is 7.55. The number of aryl methyl sites for hydroxylation is 1. The van der Waals surface area contributed by atoms with E-state index in [1.165, 1.54) is 11.3 Å². The molecule has 2 aromatic rings. The molecule has 0 aromatic carbocycles. The smallest absolute Gasteiger partial charge is 0.246 e. The second kappa shape index (κ2) is 7.07. The highest BCUT2D eigenvalue weighted by Gasteiger charge is 2.28. The van der Waals surface area contributed by atoms with E-state index in [0.29, 0.717) is 11.9 Å². The summed E-state index contributed by atoms with van der Waals surface area (Å²) in [5.74, 6) is 0.532. The lowest BCUT2D eigenvalue weighted by Gasteiger charge is -2.38. The molecule has 6 nitrogen and oxygen atoms in total. The minimum atomic E-state index is 0.179. The van der Waals surface area contributed by atoms with Crippen molar-refractivity contribution in [3.63, 3.8) is 0 Å². The van der Waals surface area contributed by atoms with Crippen LogP contribution in [0.15, 0.2) is 0 Å². The molecule has 0 unspecified atom stereocenters. The average molecular weight is 369 g/mol. The maximum Gasteiger partial charge on any atom is 0.246 e. The first kappa shape index (κ1) is 16.4. The van der Waals surface area contributed by atoms with Gasteiger partial charge in [0.1, 0.15) is 6.10 Å². The van der Waals surface area contributed by atoms with Crippen molar-refractivity contribution in [3.8, 4) is 5.88 Å². The number of nitrogens with zero attached hydrogens (tertiary/aromatic N) is 4. The van der Waals surface area contributed by atoms with Crippen LogP contribution < -0.4 is 4.74 Å². The Balaban J connectivity index is 1.42. The summed E-state index contributed by atoms with van der Waals surface area (Å²) in [4.78, 5) is 16.4. The van der Waals surface area contributed by atoms with E-state index in [-0.39, 0.29) is 11.4 Å². The fraction of sp³-hybridized carbons (Fsp3) is 0.688. The van der Waals surface area contributed by atoms with Gasteiger partial charge in [-0.3, -0.25) is 4.90 Å². The lowest BCUT2D eigenvalue weighted by Crippen LogP contribution is -2.46. The largest absolute Gasteiger partial charge is 0.473 e. The Morgan fingerprint density at radius 3 is 2.62 bits per heavy atom. The molecule has 0 atom stereocenters. The Morgan fingerprint density at radius 1 is 1.12 bits per heavy atom. The molecule has 2 aliphatic rings. The molecular formula is C16H21ClN4O2S. The summed E-state index contributed by atoms with van der Waals surface area (Å²) in [5, 5.41) is 1.17. The van der Waals surface area contributed by atoms with Gasteiger partial charge in [-0.15, -0.1) is 0 Å². The standard InChI is InChI=1S/C16H21ClN4O2S/c1-10-18-13-14(19-16(17)20-15(13)24-10)23-12-4-2-11(3-5-12)21-6-8-22-9-7-21/h11-12H,2-9H2,1H3. The van der Waals surface area contributed by atoms with E-state index in [9.17, 15) is 0 Å². The van der Waals surface area contributed by atoms with Crippen LogP contribution in [0, 0.1) is 6.92 Å². The van der Waals surface area contributed by atoms with Crippen molar-refractivity contribution in [2.45, 2.75) is 44.8 Å². The zero-order valence-corrected chi connectivity index (χ0v) is 15.3. The van der Waals surface area contributed by atoms with Gasteiger partial charge < -0.3 is 9.47 Å². The van der Waals surface area contributed by atoms with Gasteiger partial charge >= 0.3 is 0 Å². The van der Waals surface area contributed by atoms with Gasteiger partial charge in [-0.05, 0) is 44.2 Å². The van der Waals surface area contributed by atoms with E-state index in [1.807, 2.05) is 6.92 Å². The highest BCUT2D eigenvalue weighted by Crippen LogP contribution is 2.32. The molecule has 1 aliphatic heterocycles. The van der Waals surface area contributed by atoms with E-state index in [0.717, 1.165) is 67.3 Å². The molecule has 3 heterocycles. The van der Waals surface area contributed by atoms with Crippen molar-refractivity contribution in [3.05, 3.63) is 10.3 Å². The van der Waals surface area contributed by atoms with E-state index in [1.54, 1.807) is 0 Å². The molecule has 0 amide bonds. The summed E-state index contributed by atoms with van der Waals surface area (Å²) < 4.78 is 11.6. The van der Waals surface area contributed by atoms with Crippen LogP contribution in [0.5, 0.6) is 5.88 Å². The molecular weight excluding hydrogens is 348 g/mol. The molecule has 4 rings (SSSR count). The predicted molar refractivity (Wildman–Crippen MR) is 94.0 cm³/mol. The van der Waals surface area contributed by atoms with Crippen LogP contribution >= 0.6 is 22.9 Å². The Labute approximate surface area is 150 Å². The second-order valence-electron chi connectivity index (χ2n) is 6.38. The minimum absolute atomic E-state index is 0.179. The van der Waals surface area contributed by atoms with E-state index in [2.05, 4.69) is 19.9 Å². The maximum atomic E-state index is 6.16. The highest BCUT2D eigenvalue weighted by molar-refractivity contribution is 7.18. The van der Waals surface area contributed by atoms with Crippen molar-refractivity contribution < 1.29 is 9.47 Å². The van der Waals surface area contributed by atoms with Gasteiger partial charge in [-0.1, -0.05) is 11.3 Å². The van der Waals surface area contributed by atoms with Crippen LogP contribution in [0.1, 0.15) is 30.7 Å². The number of hydrogen-bond donors (Lipinski definition) is 0. The van der Waals surface area contributed by atoms with Gasteiger partial charge in [0, 0.05) is 19.1 Å². The Kier molecular flexibility index (Phi) is 4.85. The zero-order valence-electron chi connectivity index (χ0n) is 13.7. The van der Waals surface area contributed by atoms with Gasteiger partial charge in [0.25, 0.3) is 0 Å². The summed E-state index contributed by atoms with van der Waals surface area (Å²) in [6.07, 6.45) is 4.56. The number of rotatable bonds is 3. The summed E-state index contributed by atoms with van der Waals surface area (Å²) in [5.41, 5.74) is 0.734. The molecule has 0 spiro atoms. The number of halogens is 1. The number of morpholine rings is 1. The molecule has 0 bridgehead atoms. The Morgan fingerprint density at radius 2 is 1.88 bits per heavy atom. The van der Waals surface area contributed by atoms with Gasteiger partial charge in [0.15, 0.2) is 10.3 Å². The molecule has 0 radical (unpaired) electrons. The summed E-state index contributed by atoms with van der Waals surface area (Å²) in [7, 11) is 0. The Bertz CT molecular complexity index is 711. The fourth-order valence-corrected chi connectivity index (χ4v) is 4.58. The van der Waals surface area contributed by atoms with Crippen molar-refractivity contribution in [2.75, 3.05) is 26.3 Å². The van der Waals surface area contributed by atoms with Crippen LogP contribution in [0.2, 0.25) is 5.28 Å². The third kappa shape index (κ3) is 3.49. The predicted octanol–water partition coefficient (Wildman–Crippen LogP) is 3.07. The first-order valence-corrected chi connectivity index (χ1v) is 9.67. The zero-order chi connectivity index (χ0) is 16.5. The first-order valence-electron chi connectivity index (χ1n) is 8.48. The number of aromatic nitrogens is 3. The first-order chi connectivity index (χ1) is 11.7. The number of thiazole rings is 1. The SMILES string of the molecule is Cc1nc2c(OC3CCC(N4CCOCC4)CC3)nc(Cl)nc2s1. The summed E-state index contributed by atoms with van der Waals surface area (Å²) in [6.45, 7) is 5.78. The normalized spacial score (nSPS) is 25.9. The van der Waals surface area contributed by atoms with Crippen LogP contribution in [0.3, 0.4) is 0 Å². The highest BCUT2D eigenvalue weighted by atomic mass is 35.5. The van der Waals surface area contributed by atoms with Crippen LogP contribution in [0.4, 0.5) is 0 Å². The van der Waals surface area contributed by atoms with Crippen molar-refractivity contribution in [2.24, 2.45) is 0 Å². The van der Waals surface area contributed by atoms with E-state index >= 15 is 0 Å². The van der Waals surface area contributed by atoms with E-state index in [4.69, 9.17) is 21.1 Å². The molecule has 1 saturated carbocycles. The van der Waals surface area contributed by atoms with Crippen LogP contribution in [-0.2, 0) is 4.74 Å². The molecule has 1 aliphatic carbocycles. The quantitative estimate of drug-likeness (QED) is 0.776. The fourth-order valence-electron chi connectivity index (χ4n) is 3.59. The molecule has 130 valence electrons. The molecule has 24 heavy (non-hydrogen) atoms. The van der Waals surface area contributed by atoms with Crippen LogP contribution in [0.25, 0.3) is 10.3 Å². The topological polar surface area (TPSA) is 60.4 Å². The second-order valence-corrected chi connectivity index (χ2v) is 7.90. The Hall–Kier alpha value is -1.02. The van der Waals surface area contributed by atoms with Gasteiger partial charge in [0.2, 0.25) is 11.2 Å². The molecule has 2 aromatic heterocycles. The number of hydrogen-bond acceptors (Lipinski definition) is 7. The number of ether oxygens (including phenoxy) is 2. The van der Waals surface area contributed by atoms with Crippen molar-refractivity contribution >= 4 is 33.3 Å². The van der Waals surface area contributed by atoms with Gasteiger partial charge in [-0.25, -0.2) is 9.97 Å². The maximum absolute atomic E-state index is 6.16. The van der Waals surface area contributed by atoms with Gasteiger partial charge in [-0.2, -0.15) is 4.98 Å². The third-order valence-electron chi connectivity index (χ3n) is 4.79. The molecule has 2 fully saturated rings. The minimum Gasteiger partial charge on any atom is -0.473 e. The molecule has 0 N–H and O–H groups in total. The van der Waals surface area contributed by atoms with Crippen molar-refractivity contribution in [1.82, 2.24) is 19.9 Å².